The highest BCUT2D eigenvalue weighted by Crippen LogP contribution is 2.27. The summed E-state index contributed by atoms with van der Waals surface area (Å²) >= 11 is 5.92. The van der Waals surface area contributed by atoms with E-state index in [4.69, 9.17) is 21.0 Å². The number of hydrogen-bond acceptors (Lipinski definition) is 4. The smallest absolute Gasteiger partial charge is 0.492 e. The summed E-state index contributed by atoms with van der Waals surface area (Å²) in [6.07, 6.45) is 0.772. The van der Waals surface area contributed by atoms with Crippen LogP contribution in [0.15, 0.2) is 12.1 Å². The minimum atomic E-state index is -1.55. The van der Waals surface area contributed by atoms with Crippen molar-refractivity contribution in [3.8, 4) is 5.75 Å². The number of rotatable bonds is 7. The van der Waals surface area contributed by atoms with Gasteiger partial charge in [-0.2, -0.15) is 0 Å². The summed E-state index contributed by atoms with van der Waals surface area (Å²) in [7, 11) is -1.55. The Kier molecular flexibility index (Phi) is 6.27. The van der Waals surface area contributed by atoms with Crippen LogP contribution in [0.4, 0.5) is 4.39 Å². The molecule has 1 rings (SSSR count). The van der Waals surface area contributed by atoms with Crippen molar-refractivity contribution >= 4 is 24.2 Å². The predicted octanol–water partition coefficient (Wildman–Crippen LogP) is 2.52. The Morgan fingerprint density at radius 1 is 1.27 bits per heavy atom. The zero-order chi connectivity index (χ0) is 17.1. The number of ether oxygens (including phenoxy) is 1. The topological polar surface area (TPSA) is 58.9 Å². The number of hydrogen-bond donors (Lipinski definition) is 2. The van der Waals surface area contributed by atoms with Gasteiger partial charge in [0.25, 0.3) is 0 Å². The van der Waals surface area contributed by atoms with Gasteiger partial charge in [0.15, 0.2) is 0 Å². The highest BCUT2D eigenvalue weighted by molar-refractivity contribution is 6.60. The molecule has 0 amide bonds. The Bertz CT molecular complexity index is 517. The molecule has 0 radical (unpaired) electrons. The second kappa shape index (κ2) is 7.17. The second-order valence-electron chi connectivity index (χ2n) is 6.19. The van der Waals surface area contributed by atoms with Crippen molar-refractivity contribution in [2.24, 2.45) is 0 Å². The molecule has 0 aliphatic carbocycles. The van der Waals surface area contributed by atoms with Gasteiger partial charge in [0.05, 0.1) is 22.8 Å². The summed E-state index contributed by atoms with van der Waals surface area (Å²) < 4.78 is 24.9. The Labute approximate surface area is 136 Å². The Balaban J connectivity index is 3.05. The largest absolute Gasteiger partial charge is 0.494 e. The van der Waals surface area contributed by atoms with E-state index in [0.717, 1.165) is 12.5 Å². The van der Waals surface area contributed by atoms with Crippen molar-refractivity contribution in [3.05, 3.63) is 23.0 Å². The van der Waals surface area contributed by atoms with Gasteiger partial charge in [0.2, 0.25) is 0 Å². The lowest BCUT2D eigenvalue weighted by molar-refractivity contribution is -0.0983. The second-order valence-corrected chi connectivity index (χ2v) is 6.60. The van der Waals surface area contributed by atoms with Crippen LogP contribution in [0.1, 0.15) is 41.0 Å². The van der Waals surface area contributed by atoms with Gasteiger partial charge in [-0.3, -0.25) is 0 Å². The molecule has 2 N–H and O–H groups in total. The average molecular weight is 333 g/mol. The van der Waals surface area contributed by atoms with Crippen molar-refractivity contribution in [3.63, 3.8) is 0 Å². The maximum absolute atomic E-state index is 14.0. The summed E-state index contributed by atoms with van der Waals surface area (Å²) in [5.41, 5.74) is -2.41. The Morgan fingerprint density at radius 2 is 1.86 bits per heavy atom. The van der Waals surface area contributed by atoms with E-state index in [2.05, 4.69) is 0 Å². The molecule has 4 nitrogen and oxygen atoms in total. The molecular weight excluding hydrogens is 309 g/mol. The van der Waals surface area contributed by atoms with Gasteiger partial charge in [-0.25, -0.2) is 4.39 Å². The molecule has 7 heteroatoms. The lowest BCUT2D eigenvalue weighted by Gasteiger charge is -2.38. The summed E-state index contributed by atoms with van der Waals surface area (Å²) in [6.45, 7) is 8.68. The molecule has 0 bridgehead atoms. The van der Waals surface area contributed by atoms with Crippen LogP contribution in [0.2, 0.25) is 5.02 Å². The van der Waals surface area contributed by atoms with E-state index in [0.29, 0.717) is 6.61 Å². The molecule has 0 spiro atoms. The molecule has 0 heterocycles. The van der Waals surface area contributed by atoms with Crippen LogP contribution < -0.4 is 10.2 Å². The lowest BCUT2D eigenvalue weighted by atomic mass is 9.76. The normalized spacial score (nSPS) is 12.4. The van der Waals surface area contributed by atoms with Gasteiger partial charge in [0, 0.05) is 5.46 Å². The van der Waals surface area contributed by atoms with Gasteiger partial charge in [-0.1, -0.05) is 18.5 Å². The van der Waals surface area contributed by atoms with Crippen LogP contribution in [-0.2, 0) is 4.65 Å². The fraction of sp³-hybridized carbons (Fsp3) is 0.600. The van der Waals surface area contributed by atoms with Crippen LogP contribution >= 0.6 is 11.6 Å². The molecule has 0 aliphatic rings. The number of aliphatic hydroxyl groups is 1. The molecule has 1 aromatic rings. The van der Waals surface area contributed by atoms with E-state index in [1.165, 1.54) is 6.07 Å². The van der Waals surface area contributed by atoms with E-state index in [1.807, 2.05) is 6.92 Å². The molecule has 0 fully saturated rings. The zero-order valence-corrected chi connectivity index (χ0v) is 14.4. The quantitative estimate of drug-likeness (QED) is 0.753. The zero-order valence-electron chi connectivity index (χ0n) is 13.6. The summed E-state index contributed by atoms with van der Waals surface area (Å²) in [6, 6.07) is 2.39. The minimum Gasteiger partial charge on any atom is -0.492 e. The summed E-state index contributed by atoms with van der Waals surface area (Å²) in [4.78, 5) is 0. The fourth-order valence-electron chi connectivity index (χ4n) is 1.54. The van der Waals surface area contributed by atoms with E-state index >= 15 is 0 Å². The predicted molar refractivity (Wildman–Crippen MR) is 86.3 cm³/mol. The van der Waals surface area contributed by atoms with Crippen molar-refractivity contribution < 1.29 is 23.9 Å². The van der Waals surface area contributed by atoms with Crippen molar-refractivity contribution in [1.29, 1.82) is 0 Å². The Morgan fingerprint density at radius 3 is 2.36 bits per heavy atom. The standard InChI is InChI=1S/C15H23BClFO4/c1-6-7-21-13-8-10(12(18)9-11(13)17)16(20)22-15(4,5)14(2,3)19/h8-9,19-20H,6-7H2,1-5H3. The first kappa shape index (κ1) is 19.2. The van der Waals surface area contributed by atoms with E-state index < -0.39 is 24.1 Å². The molecule has 1 aromatic carbocycles. The fourth-order valence-corrected chi connectivity index (χ4v) is 1.75. The number of benzene rings is 1. The van der Waals surface area contributed by atoms with Crippen LogP contribution in [0.3, 0.4) is 0 Å². The van der Waals surface area contributed by atoms with Gasteiger partial charge in [-0.05, 0) is 46.2 Å². The molecule has 0 saturated heterocycles. The molecule has 0 aliphatic heterocycles. The van der Waals surface area contributed by atoms with Gasteiger partial charge >= 0.3 is 7.12 Å². The SMILES string of the molecule is CCCOc1cc(B(O)OC(C)(C)C(C)(C)O)c(F)cc1Cl. The molecule has 124 valence electrons. The third kappa shape index (κ3) is 4.59. The molecule has 0 atom stereocenters. The molecule has 0 saturated carbocycles. The molecule has 22 heavy (non-hydrogen) atoms. The lowest BCUT2D eigenvalue weighted by Crippen LogP contribution is -2.53. The van der Waals surface area contributed by atoms with E-state index in [-0.39, 0.29) is 16.2 Å². The first-order chi connectivity index (χ1) is 9.99. The number of halogens is 2. The summed E-state index contributed by atoms with van der Waals surface area (Å²) in [5, 5.41) is 20.3. The van der Waals surface area contributed by atoms with Crippen LogP contribution in [-0.4, -0.2) is 35.1 Å². The van der Waals surface area contributed by atoms with E-state index in [9.17, 15) is 14.5 Å². The van der Waals surface area contributed by atoms with Crippen molar-refractivity contribution in [2.75, 3.05) is 6.61 Å². The van der Waals surface area contributed by atoms with E-state index in [1.54, 1.807) is 27.7 Å². The van der Waals surface area contributed by atoms with Crippen LogP contribution in [0.25, 0.3) is 0 Å². The molecule has 0 aromatic heterocycles. The highest BCUT2D eigenvalue weighted by Gasteiger charge is 2.40. The first-order valence-corrected chi connectivity index (χ1v) is 7.57. The summed E-state index contributed by atoms with van der Waals surface area (Å²) in [5.74, 6) is -0.420. The average Bonchev–Trinajstić information content (AvgIpc) is 2.35. The van der Waals surface area contributed by atoms with Crippen LogP contribution in [0.5, 0.6) is 5.75 Å². The molecular formula is C15H23BClFO4. The first-order valence-electron chi connectivity index (χ1n) is 7.19. The van der Waals surface area contributed by atoms with Gasteiger partial charge in [0.1, 0.15) is 11.6 Å². The maximum atomic E-state index is 14.0. The van der Waals surface area contributed by atoms with Gasteiger partial charge in [-0.15, -0.1) is 0 Å². The van der Waals surface area contributed by atoms with Gasteiger partial charge < -0.3 is 19.5 Å². The van der Waals surface area contributed by atoms with Crippen molar-refractivity contribution in [1.82, 2.24) is 0 Å². The third-order valence-corrected chi connectivity index (χ3v) is 3.95. The highest BCUT2D eigenvalue weighted by atomic mass is 35.5. The van der Waals surface area contributed by atoms with Crippen LogP contribution in [0, 0.1) is 5.82 Å². The Hall–Kier alpha value is -0.815. The van der Waals surface area contributed by atoms with Crippen molar-refractivity contribution in [2.45, 2.75) is 52.2 Å². The maximum Gasteiger partial charge on any atom is 0.494 e. The third-order valence-electron chi connectivity index (χ3n) is 3.66. The monoisotopic (exact) mass is 332 g/mol. The molecule has 0 unspecified atom stereocenters. The minimum absolute atomic E-state index is 0.0900.